The predicted octanol–water partition coefficient (Wildman–Crippen LogP) is 2.69. The molecule has 0 saturated carbocycles. The minimum atomic E-state index is -0.677. The molecule has 12 heavy (non-hydrogen) atoms. The van der Waals surface area contributed by atoms with Gasteiger partial charge >= 0.3 is 81.1 Å². The van der Waals surface area contributed by atoms with Crippen molar-refractivity contribution >= 4 is 20.5 Å². The van der Waals surface area contributed by atoms with Crippen molar-refractivity contribution in [3.8, 4) is 0 Å². The Balaban J connectivity index is 2.86. The van der Waals surface area contributed by atoms with E-state index in [0.29, 0.717) is 0 Å². The summed E-state index contributed by atoms with van der Waals surface area (Å²) < 4.78 is -0.548. The molecular formula is C9H18AsO2. The van der Waals surface area contributed by atoms with Gasteiger partial charge < -0.3 is 0 Å². The molecule has 1 atom stereocenters. The zero-order valence-electron chi connectivity index (χ0n) is 7.51. The van der Waals surface area contributed by atoms with Gasteiger partial charge in [0, 0.05) is 0 Å². The number of carbonyl (C=O) groups is 1. The third-order valence-electron chi connectivity index (χ3n) is 1.70. The second-order valence-corrected chi connectivity index (χ2v) is 5.54. The van der Waals surface area contributed by atoms with Crippen molar-refractivity contribution in [1.82, 2.24) is 0 Å². The summed E-state index contributed by atoms with van der Waals surface area (Å²) in [5, 5.41) is 9.36. The van der Waals surface area contributed by atoms with Crippen molar-refractivity contribution in [3.05, 3.63) is 6.92 Å². The van der Waals surface area contributed by atoms with Crippen molar-refractivity contribution in [2.24, 2.45) is 0 Å². The molecule has 0 aliphatic carbocycles. The van der Waals surface area contributed by atoms with Crippen molar-refractivity contribution < 1.29 is 9.90 Å². The Morgan fingerprint density at radius 2 is 1.75 bits per heavy atom. The van der Waals surface area contributed by atoms with E-state index >= 15 is 0 Å². The summed E-state index contributed by atoms with van der Waals surface area (Å²) in [5.41, 5.74) is 0. The Morgan fingerprint density at radius 1 is 1.17 bits per heavy atom. The summed E-state index contributed by atoms with van der Waals surface area (Å²) >= 11 is -0.677. The van der Waals surface area contributed by atoms with Gasteiger partial charge in [-0.2, -0.15) is 0 Å². The Morgan fingerprint density at radius 3 is 2.33 bits per heavy atom. The number of rotatable bonds is 8. The average molecular weight is 233 g/mol. The van der Waals surface area contributed by atoms with E-state index in [9.17, 15) is 4.79 Å². The van der Waals surface area contributed by atoms with E-state index in [-0.39, 0.29) is 0 Å². The van der Waals surface area contributed by atoms with Crippen LogP contribution in [-0.2, 0) is 0 Å². The van der Waals surface area contributed by atoms with Gasteiger partial charge in [0.05, 0.1) is 0 Å². The molecule has 1 radical (unpaired) electrons. The summed E-state index contributed by atoms with van der Waals surface area (Å²) in [5.74, 6) is 0. The zero-order valence-corrected chi connectivity index (χ0v) is 9.61. The van der Waals surface area contributed by atoms with E-state index in [1.165, 1.54) is 25.7 Å². The monoisotopic (exact) mass is 233 g/mol. The van der Waals surface area contributed by atoms with E-state index in [1.54, 1.807) is 0 Å². The van der Waals surface area contributed by atoms with Crippen LogP contribution in [0.4, 0.5) is 4.79 Å². The molecule has 2 nitrogen and oxygen atoms in total. The molecule has 1 N–H and O–H groups in total. The van der Waals surface area contributed by atoms with Crippen LogP contribution in [0.2, 0.25) is 5.21 Å². The van der Waals surface area contributed by atoms with E-state index in [4.69, 9.17) is 5.11 Å². The van der Waals surface area contributed by atoms with Gasteiger partial charge in [-0.25, -0.2) is 0 Å². The Kier molecular flexibility index (Phi) is 9.14. The molecule has 0 aliphatic rings. The number of hydrogen-bond acceptors (Lipinski definition) is 1. The van der Waals surface area contributed by atoms with Gasteiger partial charge in [0.15, 0.2) is 0 Å². The fraction of sp³-hybridized carbons (Fsp3) is 0.778. The molecule has 71 valence electrons. The zero-order chi connectivity index (χ0) is 9.23. The first-order chi connectivity index (χ1) is 5.77. The summed E-state index contributed by atoms with van der Waals surface area (Å²) in [4.78, 5) is 10.2. The number of carboxylic acid groups (broad SMARTS) is 1. The first kappa shape index (κ1) is 12.0. The van der Waals surface area contributed by atoms with Crippen molar-refractivity contribution in [2.45, 2.75) is 43.7 Å². The standard InChI is InChI=1S/C9H18AsO2/c1-2-3-4-5-6-7-8-10-9(11)12/h10H,1-8H2,(H,11,12). The molecule has 0 bridgehead atoms. The quantitative estimate of drug-likeness (QED) is 0.517. The molecule has 0 aromatic heterocycles. The Hall–Kier alpha value is 0.0284. The van der Waals surface area contributed by atoms with Crippen molar-refractivity contribution in [3.63, 3.8) is 0 Å². The van der Waals surface area contributed by atoms with Crippen LogP contribution in [0.15, 0.2) is 0 Å². The second-order valence-electron chi connectivity index (χ2n) is 2.85. The molecule has 0 saturated heterocycles. The van der Waals surface area contributed by atoms with Gasteiger partial charge in [0.2, 0.25) is 0 Å². The van der Waals surface area contributed by atoms with Gasteiger partial charge in [-0.15, -0.1) is 0 Å². The van der Waals surface area contributed by atoms with E-state index in [1.807, 2.05) is 0 Å². The minimum absolute atomic E-state index is 0.548. The van der Waals surface area contributed by atoms with Crippen molar-refractivity contribution in [1.29, 1.82) is 0 Å². The van der Waals surface area contributed by atoms with E-state index < -0.39 is 20.5 Å². The summed E-state index contributed by atoms with van der Waals surface area (Å²) in [6.07, 6.45) is 7.08. The average Bonchev–Trinajstić information content (AvgIpc) is 2.02. The SMILES string of the molecule is [CH2]CCCCCCC[AsH]C(=O)O. The van der Waals surface area contributed by atoms with Crippen LogP contribution in [-0.4, -0.2) is 25.6 Å². The van der Waals surface area contributed by atoms with Crippen LogP contribution in [0.1, 0.15) is 38.5 Å². The Bertz CT molecular complexity index is 115. The molecule has 0 heterocycles. The molecule has 0 aliphatic heterocycles. The molecule has 1 unspecified atom stereocenters. The topological polar surface area (TPSA) is 37.3 Å². The van der Waals surface area contributed by atoms with Crippen LogP contribution in [0.25, 0.3) is 0 Å². The molecule has 0 spiro atoms. The van der Waals surface area contributed by atoms with Gasteiger partial charge in [0.25, 0.3) is 0 Å². The number of unbranched alkanes of at least 4 members (excludes halogenated alkanes) is 5. The molecule has 0 aromatic rings. The number of hydrogen-bond donors (Lipinski definition) is 1. The first-order valence-electron chi connectivity index (χ1n) is 4.53. The predicted molar refractivity (Wildman–Crippen MR) is 53.0 cm³/mol. The van der Waals surface area contributed by atoms with Crippen LogP contribution in [0.3, 0.4) is 0 Å². The third-order valence-corrected chi connectivity index (χ3v) is 3.60. The maximum absolute atomic E-state index is 10.2. The molecule has 0 fully saturated rings. The van der Waals surface area contributed by atoms with Gasteiger partial charge in [0.1, 0.15) is 0 Å². The van der Waals surface area contributed by atoms with E-state index in [2.05, 4.69) is 6.92 Å². The van der Waals surface area contributed by atoms with Gasteiger partial charge in [-0.05, 0) is 0 Å². The van der Waals surface area contributed by atoms with Crippen LogP contribution in [0, 0.1) is 6.92 Å². The normalized spacial score (nSPS) is 11.1. The van der Waals surface area contributed by atoms with Crippen LogP contribution in [0.5, 0.6) is 0 Å². The molecule has 0 amide bonds. The third kappa shape index (κ3) is 10.0. The fourth-order valence-corrected chi connectivity index (χ4v) is 2.37. The summed E-state index contributed by atoms with van der Waals surface area (Å²) in [7, 11) is 0. The summed E-state index contributed by atoms with van der Waals surface area (Å²) in [6.45, 7) is 3.77. The second kappa shape index (κ2) is 9.12. The van der Waals surface area contributed by atoms with Gasteiger partial charge in [-0.1, -0.05) is 0 Å². The van der Waals surface area contributed by atoms with Crippen LogP contribution >= 0.6 is 0 Å². The molecule has 0 rings (SSSR count). The molecular weight excluding hydrogens is 215 g/mol. The van der Waals surface area contributed by atoms with E-state index in [0.717, 1.165) is 18.1 Å². The molecule has 0 aromatic carbocycles. The summed E-state index contributed by atoms with van der Waals surface area (Å²) in [6, 6.07) is 0. The first-order valence-corrected chi connectivity index (χ1v) is 7.06. The fourth-order valence-electron chi connectivity index (χ4n) is 1.03. The maximum atomic E-state index is 10.2. The molecule has 3 heteroatoms. The Labute approximate surface area is 81.4 Å². The van der Waals surface area contributed by atoms with Crippen molar-refractivity contribution in [2.75, 3.05) is 0 Å². The van der Waals surface area contributed by atoms with Crippen LogP contribution < -0.4 is 0 Å². The van der Waals surface area contributed by atoms with Gasteiger partial charge in [-0.3, -0.25) is 0 Å².